The Morgan fingerprint density at radius 2 is 2.22 bits per heavy atom. The van der Waals surface area contributed by atoms with E-state index in [4.69, 9.17) is 0 Å². The first-order chi connectivity index (χ1) is 8.40. The third-order valence-corrected chi connectivity index (χ3v) is 4.33. The fourth-order valence-electron chi connectivity index (χ4n) is 2.15. The van der Waals surface area contributed by atoms with Crippen LogP contribution in [0.25, 0.3) is 0 Å². The monoisotopic (exact) mass is 274 g/mol. The minimum atomic E-state index is -0.166. The summed E-state index contributed by atoms with van der Waals surface area (Å²) in [5.41, 5.74) is 0.0992. The summed E-state index contributed by atoms with van der Waals surface area (Å²) in [6, 6.07) is -0.327. The molecule has 0 radical (unpaired) electrons. The Morgan fingerprint density at radius 3 is 2.72 bits per heavy atom. The molecule has 1 aliphatic heterocycles. The smallest absolute Gasteiger partial charge is 0.315 e. The standard InChI is InChI=1S/C13H26N2O2S/c1-13(2,3)7-10(9-16)15-12(17)14-8-11-5-4-6-18-11/h10-11,16H,4-9H2,1-3H3,(H2,14,15,17). The van der Waals surface area contributed by atoms with Gasteiger partial charge in [-0.1, -0.05) is 20.8 Å². The molecule has 1 aliphatic rings. The molecular formula is C13H26N2O2S. The van der Waals surface area contributed by atoms with E-state index in [1.54, 1.807) is 0 Å². The van der Waals surface area contributed by atoms with E-state index in [1.165, 1.54) is 18.6 Å². The van der Waals surface area contributed by atoms with E-state index < -0.39 is 0 Å². The largest absolute Gasteiger partial charge is 0.394 e. The van der Waals surface area contributed by atoms with Crippen LogP contribution >= 0.6 is 11.8 Å². The van der Waals surface area contributed by atoms with Crippen molar-refractivity contribution >= 4 is 17.8 Å². The van der Waals surface area contributed by atoms with Gasteiger partial charge in [-0.2, -0.15) is 11.8 Å². The Morgan fingerprint density at radius 1 is 1.50 bits per heavy atom. The SMILES string of the molecule is CC(C)(C)CC(CO)NC(=O)NCC1CCCS1. The van der Waals surface area contributed by atoms with Crippen LogP contribution in [0.5, 0.6) is 0 Å². The summed E-state index contributed by atoms with van der Waals surface area (Å²) in [4.78, 5) is 11.7. The minimum absolute atomic E-state index is 0.0110. The lowest BCUT2D eigenvalue weighted by molar-refractivity contribution is 0.191. The lowest BCUT2D eigenvalue weighted by Gasteiger charge is -2.25. The molecule has 2 atom stereocenters. The second-order valence-corrected chi connectivity index (χ2v) is 7.54. The molecule has 0 aromatic heterocycles. The summed E-state index contributed by atoms with van der Waals surface area (Å²) in [5.74, 6) is 1.21. The number of amides is 2. The Kier molecular flexibility index (Phi) is 6.29. The molecule has 2 amide bonds. The van der Waals surface area contributed by atoms with Gasteiger partial charge in [0.2, 0.25) is 0 Å². The summed E-state index contributed by atoms with van der Waals surface area (Å²) in [6.07, 6.45) is 3.22. The Hall–Kier alpha value is -0.420. The van der Waals surface area contributed by atoms with Gasteiger partial charge >= 0.3 is 6.03 Å². The Bertz CT molecular complexity index is 260. The summed E-state index contributed by atoms with van der Waals surface area (Å²) in [6.45, 7) is 7.02. The van der Waals surface area contributed by atoms with Gasteiger partial charge in [0.1, 0.15) is 0 Å². The second-order valence-electron chi connectivity index (χ2n) is 6.13. The lowest BCUT2D eigenvalue weighted by atomic mass is 9.88. The molecule has 0 spiro atoms. The summed E-state index contributed by atoms with van der Waals surface area (Å²) in [5, 5.41) is 15.6. The van der Waals surface area contributed by atoms with Crippen LogP contribution in [0.4, 0.5) is 4.79 Å². The van der Waals surface area contributed by atoms with Crippen molar-refractivity contribution in [3.05, 3.63) is 0 Å². The Balaban J connectivity index is 2.24. The highest BCUT2D eigenvalue weighted by atomic mass is 32.2. The lowest BCUT2D eigenvalue weighted by Crippen LogP contribution is -2.46. The molecule has 18 heavy (non-hydrogen) atoms. The summed E-state index contributed by atoms with van der Waals surface area (Å²) >= 11 is 1.93. The average Bonchev–Trinajstić information content (AvgIpc) is 2.76. The zero-order chi connectivity index (χ0) is 13.6. The first-order valence-electron chi connectivity index (χ1n) is 6.67. The van der Waals surface area contributed by atoms with Crippen molar-refractivity contribution in [2.24, 2.45) is 5.41 Å². The van der Waals surface area contributed by atoms with E-state index in [0.717, 1.165) is 13.0 Å². The van der Waals surface area contributed by atoms with Crippen LogP contribution in [-0.4, -0.2) is 41.3 Å². The molecule has 0 aromatic carbocycles. The van der Waals surface area contributed by atoms with Crippen molar-refractivity contribution in [3.8, 4) is 0 Å². The molecule has 5 heteroatoms. The number of aliphatic hydroxyl groups is 1. The van der Waals surface area contributed by atoms with Gasteiger partial charge in [-0.25, -0.2) is 4.79 Å². The quantitative estimate of drug-likeness (QED) is 0.718. The van der Waals surface area contributed by atoms with Gasteiger partial charge in [-0.3, -0.25) is 0 Å². The Labute approximate surface area is 114 Å². The number of carbonyl (C=O) groups excluding carboxylic acids is 1. The molecular weight excluding hydrogens is 248 g/mol. The molecule has 1 saturated heterocycles. The number of thioether (sulfide) groups is 1. The second kappa shape index (κ2) is 7.24. The maximum Gasteiger partial charge on any atom is 0.315 e. The fourth-order valence-corrected chi connectivity index (χ4v) is 3.35. The maximum absolute atomic E-state index is 11.7. The van der Waals surface area contributed by atoms with Crippen molar-refractivity contribution in [3.63, 3.8) is 0 Å². The summed E-state index contributed by atoms with van der Waals surface area (Å²) in [7, 11) is 0. The van der Waals surface area contributed by atoms with E-state index in [0.29, 0.717) is 5.25 Å². The number of hydrogen-bond acceptors (Lipinski definition) is 3. The van der Waals surface area contributed by atoms with Crippen molar-refractivity contribution < 1.29 is 9.90 Å². The molecule has 0 aromatic rings. The van der Waals surface area contributed by atoms with E-state index >= 15 is 0 Å². The number of aliphatic hydroxyl groups excluding tert-OH is 1. The van der Waals surface area contributed by atoms with Crippen LogP contribution in [0.15, 0.2) is 0 Å². The number of hydrogen-bond donors (Lipinski definition) is 3. The highest BCUT2D eigenvalue weighted by molar-refractivity contribution is 8.00. The molecule has 3 N–H and O–H groups in total. The van der Waals surface area contributed by atoms with Crippen LogP contribution in [0.3, 0.4) is 0 Å². The highest BCUT2D eigenvalue weighted by Crippen LogP contribution is 2.25. The fraction of sp³-hybridized carbons (Fsp3) is 0.923. The topological polar surface area (TPSA) is 61.4 Å². The van der Waals surface area contributed by atoms with Gasteiger partial charge in [0.25, 0.3) is 0 Å². The first kappa shape index (κ1) is 15.6. The maximum atomic E-state index is 11.7. The predicted molar refractivity (Wildman–Crippen MR) is 77.0 cm³/mol. The summed E-state index contributed by atoms with van der Waals surface area (Å²) < 4.78 is 0. The van der Waals surface area contributed by atoms with E-state index in [9.17, 15) is 9.90 Å². The first-order valence-corrected chi connectivity index (χ1v) is 7.72. The van der Waals surface area contributed by atoms with E-state index in [1.807, 2.05) is 11.8 Å². The van der Waals surface area contributed by atoms with Crippen LogP contribution < -0.4 is 10.6 Å². The average molecular weight is 274 g/mol. The van der Waals surface area contributed by atoms with Gasteiger partial charge in [-0.05, 0) is 30.4 Å². The van der Waals surface area contributed by atoms with Crippen molar-refractivity contribution in [2.75, 3.05) is 18.9 Å². The third kappa shape index (κ3) is 6.50. The van der Waals surface area contributed by atoms with E-state index in [-0.39, 0.29) is 24.1 Å². The van der Waals surface area contributed by atoms with Gasteiger partial charge in [0.05, 0.1) is 12.6 Å². The minimum Gasteiger partial charge on any atom is -0.394 e. The molecule has 1 heterocycles. The third-order valence-electron chi connectivity index (χ3n) is 2.93. The predicted octanol–water partition coefficient (Wildman–Crippen LogP) is 1.98. The van der Waals surface area contributed by atoms with E-state index in [2.05, 4.69) is 31.4 Å². The number of rotatable bonds is 5. The number of nitrogens with one attached hydrogen (secondary N) is 2. The molecule has 1 fully saturated rings. The molecule has 0 aliphatic carbocycles. The molecule has 2 unspecified atom stereocenters. The van der Waals surface area contributed by atoms with Gasteiger partial charge < -0.3 is 15.7 Å². The highest BCUT2D eigenvalue weighted by Gasteiger charge is 2.21. The molecule has 1 rings (SSSR count). The van der Waals surface area contributed by atoms with Crippen molar-refractivity contribution in [1.82, 2.24) is 10.6 Å². The van der Waals surface area contributed by atoms with Crippen LogP contribution in [-0.2, 0) is 0 Å². The van der Waals surface area contributed by atoms with Crippen molar-refractivity contribution in [2.45, 2.75) is 51.3 Å². The molecule has 0 saturated carbocycles. The zero-order valence-corrected chi connectivity index (χ0v) is 12.5. The van der Waals surface area contributed by atoms with Crippen LogP contribution in [0, 0.1) is 5.41 Å². The van der Waals surface area contributed by atoms with Gasteiger partial charge in [-0.15, -0.1) is 0 Å². The molecule has 0 bridgehead atoms. The van der Waals surface area contributed by atoms with Crippen molar-refractivity contribution in [1.29, 1.82) is 0 Å². The normalized spacial score (nSPS) is 21.7. The van der Waals surface area contributed by atoms with Gasteiger partial charge in [0, 0.05) is 11.8 Å². The van der Waals surface area contributed by atoms with Crippen LogP contribution in [0.1, 0.15) is 40.0 Å². The molecule has 4 nitrogen and oxygen atoms in total. The van der Waals surface area contributed by atoms with Gasteiger partial charge in [0.15, 0.2) is 0 Å². The number of carbonyl (C=O) groups is 1. The van der Waals surface area contributed by atoms with Crippen LogP contribution in [0.2, 0.25) is 0 Å². The number of urea groups is 1. The zero-order valence-electron chi connectivity index (χ0n) is 11.7. The molecule has 106 valence electrons.